The molecule has 0 bridgehead atoms. The molecule has 3 nitrogen and oxygen atoms in total. The second-order valence-electron chi connectivity index (χ2n) is 3.67. The van der Waals surface area contributed by atoms with Crippen molar-refractivity contribution in [1.82, 2.24) is 10.2 Å². The fourth-order valence-electron chi connectivity index (χ4n) is 1.40. The summed E-state index contributed by atoms with van der Waals surface area (Å²) in [6.07, 6.45) is 0. The van der Waals surface area contributed by atoms with Crippen molar-refractivity contribution in [1.29, 1.82) is 0 Å². The largest absolute Gasteiger partial charge is 0.339 e. The zero-order valence-corrected chi connectivity index (χ0v) is 12.1. The number of carbonyl (C=O) groups excluding carboxylic acids is 1. The topological polar surface area (TPSA) is 32.3 Å². The van der Waals surface area contributed by atoms with Crippen LogP contribution in [-0.2, 0) is 0 Å². The number of hydrogen-bond donors (Lipinski definition) is 1. The van der Waals surface area contributed by atoms with Crippen LogP contribution in [0.15, 0.2) is 24.3 Å². The average Bonchev–Trinajstić information content (AvgIpc) is 2.37. The number of halogens is 3. The summed E-state index contributed by atoms with van der Waals surface area (Å²) in [4.78, 5) is 13.8. The molecule has 0 aromatic heterocycles. The summed E-state index contributed by atoms with van der Waals surface area (Å²) in [7, 11) is 0. The van der Waals surface area contributed by atoms with Crippen LogP contribution in [0.2, 0.25) is 5.02 Å². The molecule has 18 heavy (non-hydrogen) atoms. The van der Waals surface area contributed by atoms with Crippen molar-refractivity contribution < 1.29 is 4.79 Å². The van der Waals surface area contributed by atoms with E-state index in [0.29, 0.717) is 42.1 Å². The van der Waals surface area contributed by atoms with Crippen LogP contribution in [0.5, 0.6) is 0 Å². The first-order valence-corrected chi connectivity index (χ1v) is 7.00. The molecule has 0 saturated carbocycles. The number of benzene rings is 1. The van der Waals surface area contributed by atoms with Gasteiger partial charge in [0.1, 0.15) is 0 Å². The van der Waals surface area contributed by atoms with Crippen LogP contribution >= 0.6 is 34.8 Å². The van der Waals surface area contributed by atoms with Crippen LogP contribution in [0.3, 0.4) is 0 Å². The minimum Gasteiger partial charge on any atom is -0.339 e. The summed E-state index contributed by atoms with van der Waals surface area (Å²) >= 11 is 17.1. The van der Waals surface area contributed by atoms with Crippen molar-refractivity contribution in [2.75, 3.05) is 31.5 Å². The zero-order valence-electron chi connectivity index (χ0n) is 9.83. The molecule has 0 spiro atoms. The van der Waals surface area contributed by atoms with Crippen molar-refractivity contribution in [3.63, 3.8) is 0 Å². The van der Waals surface area contributed by atoms with Crippen LogP contribution < -0.4 is 5.32 Å². The van der Waals surface area contributed by atoms with Gasteiger partial charge in [0, 0.05) is 35.4 Å². The highest BCUT2D eigenvalue weighted by molar-refractivity contribution is 6.30. The Morgan fingerprint density at radius 2 is 1.67 bits per heavy atom. The summed E-state index contributed by atoms with van der Waals surface area (Å²) < 4.78 is 0. The minimum absolute atomic E-state index is 0.138. The maximum absolute atomic E-state index is 11.8. The molecule has 0 unspecified atom stereocenters. The number of carbonyl (C=O) groups is 1. The highest BCUT2D eigenvalue weighted by Crippen LogP contribution is 2.09. The van der Waals surface area contributed by atoms with Crippen LogP contribution in [0.1, 0.15) is 10.4 Å². The van der Waals surface area contributed by atoms with Gasteiger partial charge in [0.15, 0.2) is 0 Å². The van der Waals surface area contributed by atoms with Gasteiger partial charge in [-0.3, -0.25) is 9.69 Å². The molecular formula is C12H15Cl3N2O. The Bertz CT molecular complexity index is 364. The van der Waals surface area contributed by atoms with E-state index < -0.39 is 0 Å². The van der Waals surface area contributed by atoms with E-state index in [1.54, 1.807) is 24.3 Å². The Labute approximate surface area is 122 Å². The van der Waals surface area contributed by atoms with Crippen molar-refractivity contribution in [2.24, 2.45) is 0 Å². The summed E-state index contributed by atoms with van der Waals surface area (Å²) in [6.45, 7) is 1.81. The Balaban J connectivity index is 2.46. The van der Waals surface area contributed by atoms with E-state index >= 15 is 0 Å². The Morgan fingerprint density at radius 1 is 1.11 bits per heavy atom. The molecule has 1 N–H and O–H groups in total. The molecular weight excluding hydrogens is 295 g/mol. The molecule has 6 heteroatoms. The molecule has 0 heterocycles. The van der Waals surface area contributed by atoms with Gasteiger partial charge in [-0.1, -0.05) is 11.6 Å². The van der Waals surface area contributed by atoms with Crippen LogP contribution in [-0.4, -0.2) is 42.3 Å². The van der Waals surface area contributed by atoms with E-state index in [1.165, 1.54) is 0 Å². The highest BCUT2D eigenvalue weighted by atomic mass is 35.5. The summed E-state index contributed by atoms with van der Waals surface area (Å²) in [5.74, 6) is 0.877. The third-order valence-corrected chi connectivity index (χ3v) is 2.96. The number of nitrogens with zero attached hydrogens (tertiary/aromatic N) is 1. The lowest BCUT2D eigenvalue weighted by atomic mass is 10.2. The van der Waals surface area contributed by atoms with Crippen molar-refractivity contribution in [2.45, 2.75) is 0 Å². The molecule has 0 fully saturated rings. The third-order valence-electron chi connectivity index (χ3n) is 2.37. The molecule has 0 radical (unpaired) electrons. The van der Waals surface area contributed by atoms with E-state index in [4.69, 9.17) is 34.8 Å². The van der Waals surface area contributed by atoms with Gasteiger partial charge in [-0.25, -0.2) is 0 Å². The summed E-state index contributed by atoms with van der Waals surface area (Å²) in [5.41, 5.74) is 0.580. The lowest BCUT2D eigenvalue weighted by Gasteiger charge is -2.20. The summed E-state index contributed by atoms with van der Waals surface area (Å²) in [6, 6.07) is 6.74. The smallest absolute Gasteiger partial charge is 0.252 e. The highest BCUT2D eigenvalue weighted by Gasteiger charge is 2.08. The molecule has 1 aromatic carbocycles. The van der Waals surface area contributed by atoms with Gasteiger partial charge in [-0.2, -0.15) is 0 Å². The molecule has 1 aromatic rings. The van der Waals surface area contributed by atoms with Crippen molar-refractivity contribution in [3.05, 3.63) is 34.9 Å². The Hall–Kier alpha value is -0.480. The molecule has 1 rings (SSSR count). The maximum atomic E-state index is 11.8. The Kier molecular flexibility index (Phi) is 7.44. The fraction of sp³-hybridized carbons (Fsp3) is 0.417. The van der Waals surface area contributed by atoms with Crippen molar-refractivity contribution >= 4 is 40.7 Å². The molecule has 0 saturated heterocycles. The first-order chi connectivity index (χ1) is 8.67. The zero-order chi connectivity index (χ0) is 13.4. The molecule has 1 amide bonds. The quantitative estimate of drug-likeness (QED) is 0.620. The fourth-order valence-corrected chi connectivity index (χ4v) is 2.00. The predicted molar refractivity (Wildman–Crippen MR) is 76.8 cm³/mol. The van der Waals surface area contributed by atoms with E-state index in [1.807, 2.05) is 4.90 Å². The van der Waals surface area contributed by atoms with Gasteiger partial charge < -0.3 is 5.32 Å². The van der Waals surface area contributed by atoms with Gasteiger partial charge in [0.25, 0.3) is 5.91 Å². The van der Waals surface area contributed by atoms with Crippen LogP contribution in [0, 0.1) is 0 Å². The first kappa shape index (κ1) is 15.6. The average molecular weight is 310 g/mol. The van der Waals surface area contributed by atoms with Gasteiger partial charge in [-0.15, -0.1) is 23.2 Å². The summed E-state index contributed by atoms with van der Waals surface area (Å²) in [5, 5.41) is 3.42. The monoisotopic (exact) mass is 308 g/mol. The second kappa shape index (κ2) is 8.59. The standard InChI is InChI=1S/C12H15Cl3N2O/c13-5-7-17(8-6-14)9-16-12(18)10-1-3-11(15)4-2-10/h1-4H,5-9H2,(H,16,18). The second-order valence-corrected chi connectivity index (χ2v) is 4.86. The number of amides is 1. The van der Waals surface area contributed by atoms with Gasteiger partial charge in [0.05, 0.1) is 6.67 Å². The lowest BCUT2D eigenvalue weighted by Crippen LogP contribution is -2.39. The number of nitrogens with one attached hydrogen (secondary N) is 1. The first-order valence-electron chi connectivity index (χ1n) is 5.55. The van der Waals surface area contributed by atoms with E-state index in [0.717, 1.165) is 0 Å². The number of hydrogen-bond acceptors (Lipinski definition) is 2. The van der Waals surface area contributed by atoms with Gasteiger partial charge in [-0.05, 0) is 24.3 Å². The molecule has 100 valence electrons. The number of alkyl halides is 2. The molecule has 0 aliphatic carbocycles. The predicted octanol–water partition coefficient (Wildman–Crippen LogP) is 2.81. The molecule has 0 atom stereocenters. The van der Waals surface area contributed by atoms with Crippen LogP contribution in [0.25, 0.3) is 0 Å². The normalized spacial score (nSPS) is 10.7. The van der Waals surface area contributed by atoms with E-state index in [9.17, 15) is 4.79 Å². The lowest BCUT2D eigenvalue weighted by molar-refractivity contribution is 0.0926. The van der Waals surface area contributed by atoms with Crippen LogP contribution in [0.4, 0.5) is 0 Å². The molecule has 0 aliphatic rings. The Morgan fingerprint density at radius 3 is 2.17 bits per heavy atom. The third kappa shape index (κ3) is 5.44. The maximum Gasteiger partial charge on any atom is 0.252 e. The van der Waals surface area contributed by atoms with E-state index in [2.05, 4.69) is 5.32 Å². The minimum atomic E-state index is -0.138. The van der Waals surface area contributed by atoms with E-state index in [-0.39, 0.29) is 5.91 Å². The van der Waals surface area contributed by atoms with Crippen molar-refractivity contribution in [3.8, 4) is 0 Å². The SMILES string of the molecule is O=C(NCN(CCCl)CCCl)c1ccc(Cl)cc1. The van der Waals surface area contributed by atoms with Gasteiger partial charge in [0.2, 0.25) is 0 Å². The number of rotatable bonds is 7. The molecule has 0 aliphatic heterocycles. The van der Waals surface area contributed by atoms with Gasteiger partial charge >= 0.3 is 0 Å².